The minimum Gasteiger partial charge on any atom is -0.306 e. The molecule has 1 aliphatic heterocycles. The number of nitrogens with zero attached hydrogens (tertiary/aromatic N) is 2. The number of carbonyl (C=O) groups is 1. The number of carbonyl (C=O) groups excluding carboxylic acids is 1. The molecule has 0 unspecified atom stereocenters. The van der Waals surface area contributed by atoms with Crippen molar-refractivity contribution >= 4 is 27.5 Å². The minimum atomic E-state index is -0.0348. The third-order valence-corrected chi connectivity index (χ3v) is 3.85. The SMILES string of the molecule is Cc1cccc2c1N(C(=O)c1[nH]ncc1Br)CC2. The molecule has 0 fully saturated rings. The van der Waals surface area contributed by atoms with Crippen molar-refractivity contribution in [2.75, 3.05) is 11.4 Å². The van der Waals surface area contributed by atoms with Crippen LogP contribution >= 0.6 is 15.9 Å². The molecule has 0 aliphatic carbocycles. The summed E-state index contributed by atoms with van der Waals surface area (Å²) >= 11 is 3.33. The van der Waals surface area contributed by atoms with Gasteiger partial charge in [-0.25, -0.2) is 0 Å². The van der Waals surface area contributed by atoms with Gasteiger partial charge in [0, 0.05) is 6.54 Å². The highest BCUT2D eigenvalue weighted by atomic mass is 79.9. The lowest BCUT2D eigenvalue weighted by Gasteiger charge is -2.18. The van der Waals surface area contributed by atoms with Gasteiger partial charge in [-0.1, -0.05) is 18.2 Å². The number of para-hydroxylation sites is 1. The fourth-order valence-corrected chi connectivity index (χ4v) is 2.77. The molecule has 1 aromatic heterocycles. The molecule has 1 amide bonds. The quantitative estimate of drug-likeness (QED) is 0.880. The van der Waals surface area contributed by atoms with Gasteiger partial charge in [0.15, 0.2) is 0 Å². The Hall–Kier alpha value is -1.62. The van der Waals surface area contributed by atoms with Gasteiger partial charge in [0.25, 0.3) is 5.91 Å². The number of aromatic nitrogens is 2. The van der Waals surface area contributed by atoms with Gasteiger partial charge in [0.05, 0.1) is 16.4 Å². The van der Waals surface area contributed by atoms with Crippen molar-refractivity contribution in [3.05, 3.63) is 45.7 Å². The van der Waals surface area contributed by atoms with Crippen LogP contribution in [0.5, 0.6) is 0 Å². The van der Waals surface area contributed by atoms with Crippen LogP contribution in [0, 0.1) is 6.92 Å². The third kappa shape index (κ3) is 1.66. The smallest absolute Gasteiger partial charge is 0.277 e. The van der Waals surface area contributed by atoms with Gasteiger partial charge < -0.3 is 4.90 Å². The predicted octanol–water partition coefficient (Wildman–Crippen LogP) is 2.68. The molecule has 92 valence electrons. The van der Waals surface area contributed by atoms with E-state index >= 15 is 0 Å². The maximum absolute atomic E-state index is 12.5. The van der Waals surface area contributed by atoms with E-state index in [1.807, 2.05) is 24.0 Å². The maximum Gasteiger partial charge on any atom is 0.277 e. The van der Waals surface area contributed by atoms with Crippen LogP contribution < -0.4 is 4.90 Å². The molecule has 2 aromatic rings. The minimum absolute atomic E-state index is 0.0348. The number of rotatable bonds is 1. The number of fused-ring (bicyclic) bond motifs is 1. The zero-order valence-electron chi connectivity index (χ0n) is 9.90. The van der Waals surface area contributed by atoms with Gasteiger partial charge in [-0.05, 0) is 40.4 Å². The molecule has 0 atom stereocenters. The monoisotopic (exact) mass is 305 g/mol. The van der Waals surface area contributed by atoms with Crippen molar-refractivity contribution in [2.24, 2.45) is 0 Å². The molecule has 0 spiro atoms. The molecule has 0 bridgehead atoms. The van der Waals surface area contributed by atoms with Crippen LogP contribution in [0.15, 0.2) is 28.9 Å². The van der Waals surface area contributed by atoms with Crippen molar-refractivity contribution in [2.45, 2.75) is 13.3 Å². The summed E-state index contributed by atoms with van der Waals surface area (Å²) in [5, 5.41) is 6.62. The molecule has 2 heterocycles. The van der Waals surface area contributed by atoms with Crippen LogP contribution in [0.25, 0.3) is 0 Å². The Balaban J connectivity index is 2.03. The van der Waals surface area contributed by atoms with Crippen LogP contribution in [-0.4, -0.2) is 22.6 Å². The van der Waals surface area contributed by atoms with Crippen molar-refractivity contribution < 1.29 is 4.79 Å². The van der Waals surface area contributed by atoms with Gasteiger partial charge >= 0.3 is 0 Å². The van der Waals surface area contributed by atoms with Crippen LogP contribution in [0.3, 0.4) is 0 Å². The number of aromatic amines is 1. The first-order chi connectivity index (χ1) is 8.68. The number of benzene rings is 1. The topological polar surface area (TPSA) is 49.0 Å². The summed E-state index contributed by atoms with van der Waals surface area (Å²) in [6.07, 6.45) is 2.51. The molecule has 1 aliphatic rings. The van der Waals surface area contributed by atoms with E-state index in [4.69, 9.17) is 0 Å². The molecular weight excluding hydrogens is 294 g/mol. The first-order valence-electron chi connectivity index (χ1n) is 5.77. The molecule has 0 radical (unpaired) electrons. The van der Waals surface area contributed by atoms with Crippen molar-refractivity contribution in [3.63, 3.8) is 0 Å². The second kappa shape index (κ2) is 4.24. The Kier molecular flexibility index (Phi) is 2.70. The van der Waals surface area contributed by atoms with Gasteiger partial charge in [-0.3, -0.25) is 9.89 Å². The molecule has 4 nitrogen and oxygen atoms in total. The zero-order valence-corrected chi connectivity index (χ0v) is 11.5. The fraction of sp³-hybridized carbons (Fsp3) is 0.231. The number of amides is 1. The standard InChI is InChI=1S/C13H12BrN3O/c1-8-3-2-4-9-5-6-17(12(8)9)13(18)11-10(14)7-15-16-11/h2-4,7H,5-6H2,1H3,(H,15,16). The Morgan fingerprint density at radius 2 is 2.33 bits per heavy atom. The summed E-state index contributed by atoms with van der Waals surface area (Å²) in [4.78, 5) is 14.3. The molecule has 0 saturated carbocycles. The highest BCUT2D eigenvalue weighted by Gasteiger charge is 2.28. The first-order valence-corrected chi connectivity index (χ1v) is 6.57. The van der Waals surface area contributed by atoms with E-state index in [2.05, 4.69) is 32.2 Å². The summed E-state index contributed by atoms with van der Waals surface area (Å²) in [6.45, 7) is 2.76. The van der Waals surface area contributed by atoms with E-state index in [1.165, 1.54) is 5.56 Å². The number of aryl methyl sites for hydroxylation is 1. The third-order valence-electron chi connectivity index (χ3n) is 3.25. The normalized spacial score (nSPS) is 13.8. The molecular formula is C13H12BrN3O. The number of hydrogen-bond donors (Lipinski definition) is 1. The highest BCUT2D eigenvalue weighted by Crippen LogP contribution is 2.32. The molecule has 0 saturated heterocycles. The van der Waals surface area contributed by atoms with E-state index in [9.17, 15) is 4.79 Å². The average Bonchev–Trinajstić information content (AvgIpc) is 2.95. The number of halogens is 1. The van der Waals surface area contributed by atoms with E-state index in [0.29, 0.717) is 10.2 Å². The summed E-state index contributed by atoms with van der Waals surface area (Å²) in [7, 11) is 0. The molecule has 1 aromatic carbocycles. The van der Waals surface area contributed by atoms with Gasteiger partial charge in [0.2, 0.25) is 0 Å². The number of H-pyrrole nitrogens is 1. The van der Waals surface area contributed by atoms with E-state index < -0.39 is 0 Å². The zero-order chi connectivity index (χ0) is 12.7. The lowest BCUT2D eigenvalue weighted by molar-refractivity contribution is 0.0983. The first kappa shape index (κ1) is 11.5. The molecule has 18 heavy (non-hydrogen) atoms. The number of hydrogen-bond acceptors (Lipinski definition) is 2. The second-order valence-corrected chi connectivity index (χ2v) is 5.24. The Bertz CT molecular complexity index is 620. The van der Waals surface area contributed by atoms with Crippen LogP contribution in [0.2, 0.25) is 0 Å². The lowest BCUT2D eigenvalue weighted by Crippen LogP contribution is -2.30. The van der Waals surface area contributed by atoms with Gasteiger partial charge in [-0.15, -0.1) is 0 Å². The number of nitrogens with one attached hydrogen (secondary N) is 1. The Morgan fingerprint density at radius 1 is 1.50 bits per heavy atom. The molecule has 1 N–H and O–H groups in total. The lowest BCUT2D eigenvalue weighted by atomic mass is 10.1. The Morgan fingerprint density at radius 3 is 3.06 bits per heavy atom. The van der Waals surface area contributed by atoms with E-state index in [-0.39, 0.29) is 5.91 Å². The fourth-order valence-electron chi connectivity index (χ4n) is 2.41. The predicted molar refractivity (Wildman–Crippen MR) is 72.8 cm³/mol. The Labute approximate surface area is 113 Å². The summed E-state index contributed by atoms with van der Waals surface area (Å²) in [5.41, 5.74) is 3.92. The van der Waals surface area contributed by atoms with Crippen LogP contribution in [0.1, 0.15) is 21.6 Å². The average molecular weight is 306 g/mol. The van der Waals surface area contributed by atoms with Crippen LogP contribution in [-0.2, 0) is 6.42 Å². The van der Waals surface area contributed by atoms with Crippen LogP contribution in [0.4, 0.5) is 5.69 Å². The second-order valence-electron chi connectivity index (χ2n) is 4.38. The van der Waals surface area contributed by atoms with E-state index in [0.717, 1.165) is 24.2 Å². The van der Waals surface area contributed by atoms with Gasteiger partial charge in [-0.2, -0.15) is 5.10 Å². The summed E-state index contributed by atoms with van der Waals surface area (Å²) in [5.74, 6) is -0.0348. The number of anilines is 1. The largest absolute Gasteiger partial charge is 0.306 e. The van der Waals surface area contributed by atoms with Gasteiger partial charge in [0.1, 0.15) is 5.69 Å². The molecule has 3 rings (SSSR count). The maximum atomic E-state index is 12.5. The van der Waals surface area contributed by atoms with Crippen molar-refractivity contribution in [1.29, 1.82) is 0 Å². The highest BCUT2D eigenvalue weighted by molar-refractivity contribution is 9.10. The van der Waals surface area contributed by atoms with Crippen molar-refractivity contribution in [3.8, 4) is 0 Å². The summed E-state index contributed by atoms with van der Waals surface area (Å²) in [6, 6.07) is 6.15. The van der Waals surface area contributed by atoms with Crippen molar-refractivity contribution in [1.82, 2.24) is 10.2 Å². The summed E-state index contributed by atoms with van der Waals surface area (Å²) < 4.78 is 0.703. The molecule has 5 heteroatoms. The van der Waals surface area contributed by atoms with E-state index in [1.54, 1.807) is 6.20 Å².